The van der Waals surface area contributed by atoms with Gasteiger partial charge in [-0.2, -0.15) is 5.10 Å². The predicted molar refractivity (Wildman–Crippen MR) is 74.9 cm³/mol. The Balaban J connectivity index is 1.83. The fourth-order valence-corrected chi connectivity index (χ4v) is 2.26. The summed E-state index contributed by atoms with van der Waals surface area (Å²) in [5.41, 5.74) is 3.51. The monoisotopic (exact) mass is 258 g/mol. The zero-order valence-corrected chi connectivity index (χ0v) is 10.9. The van der Waals surface area contributed by atoms with E-state index in [4.69, 9.17) is 0 Å². The molecule has 0 saturated heterocycles. The molecule has 4 heteroatoms. The second-order valence-corrected chi connectivity index (χ2v) is 5.22. The minimum Gasteiger partial charge on any atom is -0.273 e. The largest absolute Gasteiger partial charge is 0.273 e. The van der Waals surface area contributed by atoms with Gasteiger partial charge in [-0.3, -0.25) is 4.79 Å². The molecule has 1 aromatic heterocycles. The quantitative estimate of drug-likeness (QED) is 0.665. The van der Waals surface area contributed by atoms with Gasteiger partial charge in [-0.15, -0.1) is 11.3 Å². The summed E-state index contributed by atoms with van der Waals surface area (Å²) in [6, 6.07) is 13.6. The SMILES string of the molecule is Cc1ccc(/C=N\NC(=O)Cc2ccccc2)s1. The van der Waals surface area contributed by atoms with Crippen molar-refractivity contribution in [2.24, 2.45) is 5.10 Å². The van der Waals surface area contributed by atoms with E-state index >= 15 is 0 Å². The van der Waals surface area contributed by atoms with Crippen molar-refractivity contribution in [1.29, 1.82) is 0 Å². The smallest absolute Gasteiger partial charge is 0.244 e. The van der Waals surface area contributed by atoms with E-state index in [0.29, 0.717) is 6.42 Å². The topological polar surface area (TPSA) is 41.5 Å². The van der Waals surface area contributed by atoms with Crippen LogP contribution in [0, 0.1) is 6.92 Å². The normalized spacial score (nSPS) is 10.7. The van der Waals surface area contributed by atoms with Crippen molar-refractivity contribution in [3.05, 3.63) is 57.8 Å². The van der Waals surface area contributed by atoms with Gasteiger partial charge in [0, 0.05) is 9.75 Å². The molecule has 0 aliphatic carbocycles. The van der Waals surface area contributed by atoms with Crippen LogP contribution in [0.5, 0.6) is 0 Å². The highest BCUT2D eigenvalue weighted by atomic mass is 32.1. The molecule has 1 amide bonds. The van der Waals surface area contributed by atoms with Gasteiger partial charge in [0.25, 0.3) is 0 Å². The summed E-state index contributed by atoms with van der Waals surface area (Å²) >= 11 is 1.64. The van der Waals surface area contributed by atoms with Crippen molar-refractivity contribution in [2.75, 3.05) is 0 Å². The van der Waals surface area contributed by atoms with Gasteiger partial charge in [-0.25, -0.2) is 5.43 Å². The number of rotatable bonds is 4. The van der Waals surface area contributed by atoms with Crippen LogP contribution >= 0.6 is 11.3 Å². The molecule has 0 aliphatic heterocycles. The second-order valence-electron chi connectivity index (χ2n) is 3.90. The highest BCUT2D eigenvalue weighted by molar-refractivity contribution is 7.13. The number of carbonyl (C=O) groups is 1. The molecule has 3 nitrogen and oxygen atoms in total. The van der Waals surface area contributed by atoms with Crippen LogP contribution in [0.2, 0.25) is 0 Å². The van der Waals surface area contributed by atoms with Crippen LogP contribution in [0.15, 0.2) is 47.6 Å². The van der Waals surface area contributed by atoms with Crippen molar-refractivity contribution in [2.45, 2.75) is 13.3 Å². The molecular weight excluding hydrogens is 244 g/mol. The first-order valence-corrected chi connectivity index (χ1v) is 6.48. The zero-order chi connectivity index (χ0) is 12.8. The number of amides is 1. The Bertz CT molecular complexity index is 546. The fourth-order valence-electron chi connectivity index (χ4n) is 1.51. The van der Waals surface area contributed by atoms with E-state index in [1.54, 1.807) is 17.6 Å². The molecule has 2 rings (SSSR count). The first-order valence-electron chi connectivity index (χ1n) is 5.66. The summed E-state index contributed by atoms with van der Waals surface area (Å²) in [6.07, 6.45) is 2.02. The van der Waals surface area contributed by atoms with Crippen LogP contribution < -0.4 is 5.43 Å². The van der Waals surface area contributed by atoms with Crippen molar-refractivity contribution < 1.29 is 4.79 Å². The standard InChI is InChI=1S/C14H14N2OS/c1-11-7-8-13(18-11)10-15-16-14(17)9-12-5-3-2-4-6-12/h2-8,10H,9H2,1H3,(H,16,17)/b15-10-. The molecule has 0 fully saturated rings. The molecule has 1 aromatic carbocycles. The molecule has 0 bridgehead atoms. The van der Waals surface area contributed by atoms with E-state index in [9.17, 15) is 4.79 Å². The highest BCUT2D eigenvalue weighted by Crippen LogP contribution is 2.12. The summed E-state index contributed by atoms with van der Waals surface area (Å²) < 4.78 is 0. The van der Waals surface area contributed by atoms with Gasteiger partial charge in [-0.05, 0) is 24.6 Å². The van der Waals surface area contributed by atoms with Crippen molar-refractivity contribution in [3.63, 3.8) is 0 Å². The minimum absolute atomic E-state index is 0.106. The van der Waals surface area contributed by atoms with Gasteiger partial charge in [0.05, 0.1) is 12.6 Å². The van der Waals surface area contributed by atoms with Gasteiger partial charge in [0.2, 0.25) is 5.91 Å². The van der Waals surface area contributed by atoms with E-state index in [1.165, 1.54) is 4.88 Å². The van der Waals surface area contributed by atoms with Gasteiger partial charge in [0.15, 0.2) is 0 Å². The number of hydrazone groups is 1. The predicted octanol–water partition coefficient (Wildman–Crippen LogP) is 2.75. The maximum Gasteiger partial charge on any atom is 0.244 e. The zero-order valence-electron chi connectivity index (χ0n) is 10.1. The Hall–Kier alpha value is -1.94. The molecule has 0 spiro atoms. The highest BCUT2D eigenvalue weighted by Gasteiger charge is 2.00. The summed E-state index contributed by atoms with van der Waals surface area (Å²) in [7, 11) is 0. The molecule has 0 saturated carbocycles. The Kier molecular flexibility index (Phi) is 4.25. The number of hydrogen-bond donors (Lipinski definition) is 1. The van der Waals surface area contributed by atoms with Gasteiger partial charge in [-0.1, -0.05) is 30.3 Å². The number of hydrogen-bond acceptors (Lipinski definition) is 3. The molecule has 92 valence electrons. The number of benzene rings is 1. The summed E-state index contributed by atoms with van der Waals surface area (Å²) in [5, 5.41) is 3.94. The first kappa shape index (κ1) is 12.5. The summed E-state index contributed by atoms with van der Waals surface area (Å²) in [5.74, 6) is -0.106. The number of aryl methyl sites for hydroxylation is 1. The van der Waals surface area contributed by atoms with E-state index in [1.807, 2.05) is 49.4 Å². The molecule has 18 heavy (non-hydrogen) atoms. The van der Waals surface area contributed by atoms with Crippen LogP contribution in [0.4, 0.5) is 0 Å². The van der Waals surface area contributed by atoms with Crippen LogP contribution in [0.1, 0.15) is 15.3 Å². The number of carbonyl (C=O) groups excluding carboxylic acids is 1. The van der Waals surface area contributed by atoms with Crippen LogP contribution in [0.25, 0.3) is 0 Å². The molecule has 0 atom stereocenters. The molecule has 1 heterocycles. The number of nitrogens with one attached hydrogen (secondary N) is 1. The maximum absolute atomic E-state index is 11.6. The third-order valence-electron chi connectivity index (χ3n) is 2.35. The average Bonchev–Trinajstić information content (AvgIpc) is 2.76. The van der Waals surface area contributed by atoms with Crippen LogP contribution in [-0.4, -0.2) is 12.1 Å². The molecule has 0 unspecified atom stereocenters. The van der Waals surface area contributed by atoms with E-state index in [2.05, 4.69) is 10.5 Å². The minimum atomic E-state index is -0.106. The lowest BCUT2D eigenvalue weighted by Gasteiger charge is -1.99. The Morgan fingerprint density at radius 2 is 2.06 bits per heavy atom. The second kappa shape index (κ2) is 6.12. The molecule has 0 radical (unpaired) electrons. The van der Waals surface area contributed by atoms with Gasteiger partial charge < -0.3 is 0 Å². The molecule has 1 N–H and O–H groups in total. The van der Waals surface area contributed by atoms with Crippen molar-refractivity contribution >= 4 is 23.5 Å². The van der Waals surface area contributed by atoms with Crippen molar-refractivity contribution in [3.8, 4) is 0 Å². The third-order valence-corrected chi connectivity index (χ3v) is 3.28. The number of nitrogens with zero attached hydrogens (tertiary/aromatic N) is 1. The first-order chi connectivity index (χ1) is 8.74. The summed E-state index contributed by atoms with van der Waals surface area (Å²) in [6.45, 7) is 2.04. The van der Waals surface area contributed by atoms with Crippen LogP contribution in [0.3, 0.4) is 0 Å². The Labute approximate surface area is 110 Å². The number of thiophene rings is 1. The maximum atomic E-state index is 11.6. The van der Waals surface area contributed by atoms with Gasteiger partial charge in [0.1, 0.15) is 0 Å². The lowest BCUT2D eigenvalue weighted by Crippen LogP contribution is -2.19. The van der Waals surface area contributed by atoms with E-state index < -0.39 is 0 Å². The van der Waals surface area contributed by atoms with Crippen molar-refractivity contribution in [1.82, 2.24) is 5.43 Å². The molecular formula is C14H14N2OS. The summed E-state index contributed by atoms with van der Waals surface area (Å²) in [4.78, 5) is 13.8. The van der Waals surface area contributed by atoms with E-state index in [-0.39, 0.29) is 5.91 Å². The fraction of sp³-hybridized carbons (Fsp3) is 0.143. The Morgan fingerprint density at radius 3 is 2.72 bits per heavy atom. The Morgan fingerprint density at radius 1 is 1.28 bits per heavy atom. The molecule has 0 aliphatic rings. The van der Waals surface area contributed by atoms with E-state index in [0.717, 1.165) is 10.4 Å². The van der Waals surface area contributed by atoms with Gasteiger partial charge >= 0.3 is 0 Å². The third kappa shape index (κ3) is 3.82. The molecule has 2 aromatic rings. The van der Waals surface area contributed by atoms with Crippen LogP contribution in [-0.2, 0) is 11.2 Å². The lowest BCUT2D eigenvalue weighted by atomic mass is 10.1. The lowest BCUT2D eigenvalue weighted by molar-refractivity contribution is -0.120. The average molecular weight is 258 g/mol.